The third-order valence-corrected chi connectivity index (χ3v) is 6.47. The third-order valence-electron chi connectivity index (χ3n) is 6.47. The van der Waals surface area contributed by atoms with Crippen molar-refractivity contribution in [1.82, 2.24) is 10.6 Å². The van der Waals surface area contributed by atoms with Gasteiger partial charge in [-0.2, -0.15) is 0 Å². The van der Waals surface area contributed by atoms with Crippen LogP contribution in [0.1, 0.15) is 63.5 Å². The first-order chi connectivity index (χ1) is 16.3. The Kier molecular flexibility index (Phi) is 8.31. The number of carboxylic acid groups (broad SMARTS) is 1. The van der Waals surface area contributed by atoms with Gasteiger partial charge in [-0.25, -0.2) is 9.59 Å². The van der Waals surface area contributed by atoms with Crippen molar-refractivity contribution in [3.8, 4) is 11.1 Å². The maximum Gasteiger partial charge on any atom is 0.407 e. The first-order valence-corrected chi connectivity index (χ1v) is 11.9. The second kappa shape index (κ2) is 11.2. The van der Waals surface area contributed by atoms with Gasteiger partial charge in [0.25, 0.3) is 0 Å². The Hall–Kier alpha value is -3.35. The molecule has 0 spiro atoms. The van der Waals surface area contributed by atoms with Gasteiger partial charge in [0.1, 0.15) is 12.1 Å². The molecule has 2 unspecified atom stereocenters. The van der Waals surface area contributed by atoms with Crippen molar-refractivity contribution in [1.29, 1.82) is 0 Å². The number of carbonyl (C=O) groups excluding carboxylic acids is 2. The molecule has 34 heavy (non-hydrogen) atoms. The molecule has 2 aromatic rings. The lowest BCUT2D eigenvalue weighted by molar-refractivity contribution is -0.148. The Balaban J connectivity index is 1.59. The summed E-state index contributed by atoms with van der Waals surface area (Å²) in [4.78, 5) is 37.0. The van der Waals surface area contributed by atoms with E-state index in [4.69, 9.17) is 4.74 Å². The summed E-state index contributed by atoms with van der Waals surface area (Å²) < 4.78 is 5.55. The van der Waals surface area contributed by atoms with Crippen LogP contribution in [0.25, 0.3) is 11.1 Å². The maximum atomic E-state index is 12.8. The van der Waals surface area contributed by atoms with Crippen LogP contribution in [0.15, 0.2) is 48.5 Å². The Morgan fingerprint density at radius 3 is 2.12 bits per heavy atom. The summed E-state index contributed by atoms with van der Waals surface area (Å²) in [6.07, 6.45) is 1.61. The minimum Gasteiger partial charge on any atom is -0.480 e. The van der Waals surface area contributed by atoms with Gasteiger partial charge in [-0.15, -0.1) is 0 Å². The number of carboxylic acids is 1. The van der Waals surface area contributed by atoms with Gasteiger partial charge in [-0.3, -0.25) is 4.79 Å². The molecule has 0 aliphatic heterocycles. The minimum absolute atomic E-state index is 0.0433. The highest BCUT2D eigenvalue weighted by atomic mass is 16.5. The van der Waals surface area contributed by atoms with E-state index >= 15 is 0 Å². The molecule has 3 rings (SSSR count). The molecule has 7 heteroatoms. The lowest BCUT2D eigenvalue weighted by atomic mass is 9.94. The van der Waals surface area contributed by atoms with Gasteiger partial charge in [0.15, 0.2) is 0 Å². The van der Waals surface area contributed by atoms with Crippen LogP contribution in [0.4, 0.5) is 4.79 Å². The molecular formula is C27H34N2O5. The van der Waals surface area contributed by atoms with E-state index < -0.39 is 23.5 Å². The van der Waals surface area contributed by atoms with Gasteiger partial charge in [-0.05, 0) is 42.0 Å². The molecule has 0 fully saturated rings. The highest BCUT2D eigenvalue weighted by molar-refractivity contribution is 5.88. The number of carbonyl (C=O) groups is 3. The molecule has 0 bridgehead atoms. The van der Waals surface area contributed by atoms with Gasteiger partial charge in [-0.1, -0.05) is 75.2 Å². The molecule has 0 radical (unpaired) electrons. The number of benzene rings is 2. The SMILES string of the molecule is CCCC(CNC(=O)OCC1c2ccccc2-c2ccccc21)C(=O)NC(C)(CCC)C(=O)O. The van der Waals surface area contributed by atoms with Crippen LogP contribution in [-0.4, -0.2) is 41.8 Å². The molecular weight excluding hydrogens is 432 g/mol. The fraction of sp³-hybridized carbons (Fsp3) is 0.444. The van der Waals surface area contributed by atoms with Crippen molar-refractivity contribution in [2.45, 2.75) is 57.9 Å². The van der Waals surface area contributed by atoms with Crippen molar-refractivity contribution >= 4 is 18.0 Å². The van der Waals surface area contributed by atoms with Crippen LogP contribution in [0.3, 0.4) is 0 Å². The number of hydrogen-bond donors (Lipinski definition) is 3. The fourth-order valence-corrected chi connectivity index (χ4v) is 4.63. The molecule has 182 valence electrons. The minimum atomic E-state index is -1.33. The summed E-state index contributed by atoms with van der Waals surface area (Å²) >= 11 is 0. The highest BCUT2D eigenvalue weighted by Gasteiger charge is 2.36. The number of amides is 2. The third kappa shape index (κ3) is 5.58. The summed E-state index contributed by atoms with van der Waals surface area (Å²) in [5, 5.41) is 14.9. The zero-order valence-electron chi connectivity index (χ0n) is 20.1. The lowest BCUT2D eigenvalue weighted by Crippen LogP contribution is -2.54. The van der Waals surface area contributed by atoms with Crippen molar-refractivity contribution in [2.75, 3.05) is 13.2 Å². The predicted octanol–water partition coefficient (Wildman–Crippen LogP) is 4.70. The maximum absolute atomic E-state index is 12.8. The quantitative estimate of drug-likeness (QED) is 0.445. The van der Waals surface area contributed by atoms with E-state index in [0.29, 0.717) is 19.3 Å². The van der Waals surface area contributed by atoms with E-state index in [9.17, 15) is 19.5 Å². The summed E-state index contributed by atoms with van der Waals surface area (Å²) in [7, 11) is 0. The first-order valence-electron chi connectivity index (χ1n) is 11.9. The summed E-state index contributed by atoms with van der Waals surface area (Å²) in [5.41, 5.74) is 3.23. The largest absolute Gasteiger partial charge is 0.480 e. The zero-order chi connectivity index (χ0) is 24.7. The Morgan fingerprint density at radius 1 is 1.00 bits per heavy atom. The number of rotatable bonds is 11. The number of nitrogens with one attached hydrogen (secondary N) is 2. The number of aliphatic carboxylic acids is 1. The number of hydrogen-bond acceptors (Lipinski definition) is 4. The van der Waals surface area contributed by atoms with Gasteiger partial charge < -0.3 is 20.5 Å². The molecule has 2 aromatic carbocycles. The summed E-state index contributed by atoms with van der Waals surface area (Å²) in [6.45, 7) is 5.60. The van der Waals surface area contributed by atoms with E-state index in [1.54, 1.807) is 0 Å². The average Bonchev–Trinajstić information content (AvgIpc) is 3.14. The second-order valence-electron chi connectivity index (χ2n) is 9.07. The van der Waals surface area contributed by atoms with E-state index in [0.717, 1.165) is 28.7 Å². The standard InChI is InChI=1S/C27H34N2O5/c1-4-10-18(24(30)29-27(3,15-5-2)25(31)32)16-28-26(33)34-17-23-21-13-8-6-11-19(21)20-12-7-9-14-22(20)23/h6-9,11-14,18,23H,4-5,10,15-17H2,1-3H3,(H,28,33)(H,29,30)(H,31,32). The van der Waals surface area contributed by atoms with E-state index in [2.05, 4.69) is 34.9 Å². The van der Waals surface area contributed by atoms with Crippen LogP contribution < -0.4 is 10.6 Å². The molecule has 2 atom stereocenters. The molecule has 0 aromatic heterocycles. The van der Waals surface area contributed by atoms with E-state index in [1.165, 1.54) is 6.92 Å². The molecule has 1 aliphatic rings. The number of fused-ring (bicyclic) bond motifs is 3. The van der Waals surface area contributed by atoms with Crippen LogP contribution in [0, 0.1) is 5.92 Å². The second-order valence-corrected chi connectivity index (χ2v) is 9.07. The van der Waals surface area contributed by atoms with E-state index in [-0.39, 0.29) is 25.0 Å². The lowest BCUT2D eigenvalue weighted by Gasteiger charge is -2.28. The van der Waals surface area contributed by atoms with Crippen LogP contribution in [0.5, 0.6) is 0 Å². The number of ether oxygens (including phenoxy) is 1. The molecule has 0 heterocycles. The smallest absolute Gasteiger partial charge is 0.407 e. The van der Waals surface area contributed by atoms with Crippen LogP contribution >= 0.6 is 0 Å². The van der Waals surface area contributed by atoms with Crippen molar-refractivity contribution in [3.63, 3.8) is 0 Å². The monoisotopic (exact) mass is 466 g/mol. The highest BCUT2D eigenvalue weighted by Crippen LogP contribution is 2.44. The molecule has 7 nitrogen and oxygen atoms in total. The predicted molar refractivity (Wildman–Crippen MR) is 131 cm³/mol. The van der Waals surface area contributed by atoms with Crippen molar-refractivity contribution in [2.24, 2.45) is 5.92 Å². The molecule has 0 saturated carbocycles. The van der Waals surface area contributed by atoms with Crippen molar-refractivity contribution < 1.29 is 24.2 Å². The molecule has 0 saturated heterocycles. The Morgan fingerprint density at radius 2 is 1.59 bits per heavy atom. The van der Waals surface area contributed by atoms with Crippen LogP contribution in [0.2, 0.25) is 0 Å². The molecule has 3 N–H and O–H groups in total. The normalized spacial score (nSPS) is 14.9. The number of alkyl carbamates (subject to hydrolysis) is 1. The first kappa shape index (κ1) is 25.3. The van der Waals surface area contributed by atoms with Gasteiger partial charge in [0.05, 0.1) is 5.92 Å². The average molecular weight is 467 g/mol. The van der Waals surface area contributed by atoms with E-state index in [1.807, 2.05) is 38.1 Å². The topological polar surface area (TPSA) is 105 Å². The van der Waals surface area contributed by atoms with Gasteiger partial charge in [0, 0.05) is 12.5 Å². The van der Waals surface area contributed by atoms with Crippen LogP contribution in [-0.2, 0) is 14.3 Å². The zero-order valence-corrected chi connectivity index (χ0v) is 20.1. The Bertz CT molecular complexity index is 992. The van der Waals surface area contributed by atoms with Gasteiger partial charge >= 0.3 is 12.1 Å². The summed E-state index contributed by atoms with van der Waals surface area (Å²) in [6, 6.07) is 16.2. The summed E-state index contributed by atoms with van der Waals surface area (Å²) in [5.74, 6) is -2.03. The van der Waals surface area contributed by atoms with Crippen molar-refractivity contribution in [3.05, 3.63) is 59.7 Å². The Labute approximate surface area is 200 Å². The molecule has 1 aliphatic carbocycles. The van der Waals surface area contributed by atoms with Gasteiger partial charge in [0.2, 0.25) is 5.91 Å². The fourth-order valence-electron chi connectivity index (χ4n) is 4.63. The molecule has 2 amide bonds.